The summed E-state index contributed by atoms with van der Waals surface area (Å²) in [5, 5.41) is 12.5. The number of hydrogen-bond donors (Lipinski definition) is 2. The summed E-state index contributed by atoms with van der Waals surface area (Å²) < 4.78 is 10.5. The van der Waals surface area contributed by atoms with Crippen molar-refractivity contribution in [3.8, 4) is 11.5 Å². The van der Waals surface area contributed by atoms with Crippen LogP contribution in [0.3, 0.4) is 0 Å². The normalized spacial score (nSPS) is 24.2. The van der Waals surface area contributed by atoms with Gasteiger partial charge in [0.15, 0.2) is 0 Å². The molecule has 142 valence electrons. The Bertz CT molecular complexity index is 693. The highest BCUT2D eigenvalue weighted by Gasteiger charge is 2.55. The molecule has 0 spiro atoms. The van der Waals surface area contributed by atoms with Gasteiger partial charge in [-0.2, -0.15) is 0 Å². The highest BCUT2D eigenvalue weighted by atomic mass is 16.5. The van der Waals surface area contributed by atoms with E-state index in [0.717, 1.165) is 29.9 Å². The monoisotopic (exact) mass is 362 g/mol. The Morgan fingerprint density at radius 1 is 1.35 bits per heavy atom. The van der Waals surface area contributed by atoms with Crippen molar-refractivity contribution in [2.75, 3.05) is 33.9 Å². The molecule has 1 aliphatic heterocycles. The highest BCUT2D eigenvalue weighted by molar-refractivity contribution is 5.80. The van der Waals surface area contributed by atoms with Gasteiger partial charge in [0, 0.05) is 25.7 Å². The van der Waals surface area contributed by atoms with Gasteiger partial charge < -0.3 is 24.8 Å². The fourth-order valence-corrected chi connectivity index (χ4v) is 4.27. The van der Waals surface area contributed by atoms with Crippen LogP contribution < -0.4 is 14.8 Å². The van der Waals surface area contributed by atoms with E-state index < -0.39 is 11.4 Å². The number of methoxy groups -OCH3 is 2. The molecule has 1 aliphatic carbocycles. The summed E-state index contributed by atoms with van der Waals surface area (Å²) in [5.74, 6) is 0.752. The average Bonchev–Trinajstić information content (AvgIpc) is 3.20. The van der Waals surface area contributed by atoms with Crippen molar-refractivity contribution in [1.29, 1.82) is 0 Å². The fourth-order valence-electron chi connectivity index (χ4n) is 4.27. The van der Waals surface area contributed by atoms with Crippen molar-refractivity contribution in [3.63, 3.8) is 0 Å². The number of fused-ring (bicyclic) bond motifs is 1. The number of likely N-dealkylation sites (tertiary alicyclic amines) is 1. The number of amides is 2. The molecular formula is C19H26N2O5. The van der Waals surface area contributed by atoms with E-state index in [1.807, 2.05) is 18.2 Å². The Morgan fingerprint density at radius 3 is 2.81 bits per heavy atom. The van der Waals surface area contributed by atoms with Gasteiger partial charge >= 0.3 is 12.0 Å². The number of nitrogens with one attached hydrogen (secondary N) is 1. The van der Waals surface area contributed by atoms with Crippen LogP contribution >= 0.6 is 0 Å². The van der Waals surface area contributed by atoms with Crippen LogP contribution in [0.1, 0.15) is 24.8 Å². The SMILES string of the molecule is COc1ccc(CCNC(=O)N2C[C@@H]3CCC[C@@]3(C(=O)O)C2)c(OC)c1. The van der Waals surface area contributed by atoms with Gasteiger partial charge in [-0.25, -0.2) is 4.79 Å². The molecule has 7 nitrogen and oxygen atoms in total. The third kappa shape index (κ3) is 3.30. The van der Waals surface area contributed by atoms with E-state index in [2.05, 4.69) is 5.32 Å². The molecule has 2 atom stereocenters. The molecule has 1 heterocycles. The van der Waals surface area contributed by atoms with E-state index in [1.165, 1.54) is 0 Å². The topological polar surface area (TPSA) is 88.1 Å². The minimum absolute atomic E-state index is 0.0763. The number of carbonyl (C=O) groups excluding carboxylic acids is 1. The number of rotatable bonds is 6. The van der Waals surface area contributed by atoms with Crippen molar-refractivity contribution >= 4 is 12.0 Å². The number of carboxylic acids is 1. The number of aliphatic carboxylic acids is 1. The summed E-state index contributed by atoms with van der Waals surface area (Å²) in [4.78, 5) is 25.8. The first-order valence-electron chi connectivity index (χ1n) is 8.97. The smallest absolute Gasteiger partial charge is 0.317 e. The average molecular weight is 362 g/mol. The fraction of sp³-hybridized carbons (Fsp3) is 0.579. The first-order chi connectivity index (χ1) is 12.5. The molecule has 26 heavy (non-hydrogen) atoms. The molecule has 1 saturated heterocycles. The van der Waals surface area contributed by atoms with Crippen LogP contribution in [-0.4, -0.2) is 55.9 Å². The van der Waals surface area contributed by atoms with Crippen molar-refractivity contribution < 1.29 is 24.2 Å². The Morgan fingerprint density at radius 2 is 2.15 bits per heavy atom. The number of ether oxygens (including phenoxy) is 2. The minimum Gasteiger partial charge on any atom is -0.497 e. The van der Waals surface area contributed by atoms with Gasteiger partial charge in [0.1, 0.15) is 11.5 Å². The number of urea groups is 1. The third-order valence-corrected chi connectivity index (χ3v) is 5.75. The summed E-state index contributed by atoms with van der Waals surface area (Å²) in [6.45, 7) is 1.30. The number of carboxylic acid groups (broad SMARTS) is 1. The van der Waals surface area contributed by atoms with Gasteiger partial charge in [-0.1, -0.05) is 12.5 Å². The van der Waals surface area contributed by atoms with E-state index in [4.69, 9.17) is 9.47 Å². The number of benzene rings is 1. The summed E-state index contributed by atoms with van der Waals surface area (Å²) in [5.41, 5.74) is 0.241. The highest BCUT2D eigenvalue weighted by Crippen LogP contribution is 2.48. The lowest BCUT2D eigenvalue weighted by atomic mass is 9.81. The molecule has 2 fully saturated rings. The van der Waals surface area contributed by atoms with Crippen molar-refractivity contribution in [3.05, 3.63) is 23.8 Å². The van der Waals surface area contributed by atoms with Crippen LogP contribution in [0.5, 0.6) is 11.5 Å². The summed E-state index contributed by atoms with van der Waals surface area (Å²) in [6.07, 6.45) is 3.11. The maximum atomic E-state index is 12.5. The van der Waals surface area contributed by atoms with E-state index >= 15 is 0 Å². The molecule has 2 amide bonds. The van der Waals surface area contributed by atoms with Gasteiger partial charge in [-0.05, 0) is 36.8 Å². The van der Waals surface area contributed by atoms with Crippen molar-refractivity contribution in [2.24, 2.45) is 11.3 Å². The van der Waals surface area contributed by atoms with Crippen LogP contribution in [0.2, 0.25) is 0 Å². The quantitative estimate of drug-likeness (QED) is 0.809. The standard InChI is InChI=1S/C19H26N2O5/c1-25-15-6-5-13(16(10-15)26-2)7-9-20-18(24)21-11-14-4-3-8-19(14,12-21)17(22)23/h5-6,10,14H,3-4,7-9,11-12H2,1-2H3,(H,20,24)(H,22,23)/t14-,19+/m0/s1. The molecule has 2 N–H and O–H groups in total. The first-order valence-corrected chi connectivity index (χ1v) is 8.97. The lowest BCUT2D eigenvalue weighted by molar-refractivity contribution is -0.149. The van der Waals surface area contributed by atoms with E-state index in [1.54, 1.807) is 19.1 Å². The van der Waals surface area contributed by atoms with E-state index in [9.17, 15) is 14.7 Å². The summed E-state index contributed by atoms with van der Waals surface area (Å²) in [7, 11) is 3.20. The molecule has 0 aromatic heterocycles. The van der Waals surface area contributed by atoms with Crippen LogP contribution in [-0.2, 0) is 11.2 Å². The summed E-state index contributed by atoms with van der Waals surface area (Å²) >= 11 is 0. The molecule has 0 unspecified atom stereocenters. The van der Waals surface area contributed by atoms with Gasteiger partial charge in [0.05, 0.1) is 19.6 Å². The molecule has 1 saturated carbocycles. The Labute approximate surface area is 153 Å². The van der Waals surface area contributed by atoms with Crippen molar-refractivity contribution in [2.45, 2.75) is 25.7 Å². The van der Waals surface area contributed by atoms with Gasteiger partial charge in [0.2, 0.25) is 0 Å². The molecular weight excluding hydrogens is 336 g/mol. The second kappa shape index (κ2) is 7.43. The zero-order chi connectivity index (χ0) is 18.7. The van der Waals surface area contributed by atoms with Crippen LogP contribution in [0.25, 0.3) is 0 Å². The van der Waals surface area contributed by atoms with E-state index in [0.29, 0.717) is 32.5 Å². The van der Waals surface area contributed by atoms with Crippen LogP contribution in [0.4, 0.5) is 4.79 Å². The molecule has 2 aliphatic rings. The predicted octanol–water partition coefficient (Wildman–Crippen LogP) is 2.14. The second-order valence-electron chi connectivity index (χ2n) is 7.09. The zero-order valence-corrected chi connectivity index (χ0v) is 15.3. The minimum atomic E-state index is -0.765. The van der Waals surface area contributed by atoms with E-state index in [-0.39, 0.29) is 11.9 Å². The van der Waals surface area contributed by atoms with Gasteiger partial charge in [-0.15, -0.1) is 0 Å². The molecule has 3 rings (SSSR count). The Kier molecular flexibility index (Phi) is 5.25. The Hall–Kier alpha value is -2.44. The number of hydrogen-bond acceptors (Lipinski definition) is 4. The molecule has 7 heteroatoms. The van der Waals surface area contributed by atoms with Crippen LogP contribution in [0.15, 0.2) is 18.2 Å². The van der Waals surface area contributed by atoms with Gasteiger partial charge in [-0.3, -0.25) is 4.79 Å². The summed E-state index contributed by atoms with van der Waals surface area (Å²) in [6, 6.07) is 5.41. The maximum absolute atomic E-state index is 12.5. The predicted molar refractivity (Wildman–Crippen MR) is 95.6 cm³/mol. The second-order valence-corrected chi connectivity index (χ2v) is 7.09. The lowest BCUT2D eigenvalue weighted by Crippen LogP contribution is -2.42. The molecule has 0 bridgehead atoms. The zero-order valence-electron chi connectivity index (χ0n) is 15.3. The maximum Gasteiger partial charge on any atom is 0.317 e. The molecule has 1 aromatic rings. The van der Waals surface area contributed by atoms with Crippen molar-refractivity contribution in [1.82, 2.24) is 10.2 Å². The lowest BCUT2D eigenvalue weighted by Gasteiger charge is -2.23. The Balaban J connectivity index is 1.55. The van der Waals surface area contributed by atoms with Gasteiger partial charge in [0.25, 0.3) is 0 Å². The molecule has 1 aromatic carbocycles. The van der Waals surface area contributed by atoms with Crippen LogP contribution in [0, 0.1) is 11.3 Å². The molecule has 0 radical (unpaired) electrons. The largest absolute Gasteiger partial charge is 0.497 e. The first kappa shape index (κ1) is 18.4. The number of carbonyl (C=O) groups is 2. The number of nitrogens with zero attached hydrogens (tertiary/aromatic N) is 1. The third-order valence-electron chi connectivity index (χ3n) is 5.75.